The lowest BCUT2D eigenvalue weighted by Gasteiger charge is -2.14. The summed E-state index contributed by atoms with van der Waals surface area (Å²) in [5, 5.41) is 12.5. The van der Waals surface area contributed by atoms with Crippen LogP contribution in [0.3, 0.4) is 0 Å². The molecule has 0 aliphatic heterocycles. The molecule has 0 saturated carbocycles. The van der Waals surface area contributed by atoms with Gasteiger partial charge in [-0.3, -0.25) is 4.68 Å². The van der Waals surface area contributed by atoms with E-state index in [-0.39, 0.29) is 6.04 Å². The SMILES string of the molecule is Cc1cc(C(N)Cc2cc(C)nn2C)c(C)nn1. The Kier molecular flexibility index (Phi) is 3.43. The van der Waals surface area contributed by atoms with Gasteiger partial charge in [-0.15, -0.1) is 0 Å². The lowest BCUT2D eigenvalue weighted by atomic mass is 10.0. The molecule has 0 aliphatic carbocycles. The van der Waals surface area contributed by atoms with Crippen molar-refractivity contribution >= 4 is 0 Å². The molecule has 0 bridgehead atoms. The molecule has 2 aromatic heterocycles. The Labute approximate surface area is 107 Å². The molecule has 0 amide bonds. The summed E-state index contributed by atoms with van der Waals surface area (Å²) < 4.78 is 1.88. The average Bonchev–Trinajstić information content (AvgIpc) is 2.61. The number of aromatic nitrogens is 4. The van der Waals surface area contributed by atoms with Crippen LogP contribution in [0.2, 0.25) is 0 Å². The monoisotopic (exact) mass is 245 g/mol. The van der Waals surface area contributed by atoms with Gasteiger partial charge in [-0.25, -0.2) is 0 Å². The van der Waals surface area contributed by atoms with Gasteiger partial charge >= 0.3 is 0 Å². The lowest BCUT2D eigenvalue weighted by molar-refractivity contribution is 0.632. The Hall–Kier alpha value is -1.75. The van der Waals surface area contributed by atoms with Crippen LogP contribution in [0.15, 0.2) is 12.1 Å². The molecule has 1 atom stereocenters. The van der Waals surface area contributed by atoms with E-state index in [1.807, 2.05) is 38.6 Å². The molecule has 2 rings (SSSR count). The molecule has 0 fully saturated rings. The summed E-state index contributed by atoms with van der Waals surface area (Å²) >= 11 is 0. The fourth-order valence-corrected chi connectivity index (χ4v) is 2.14. The van der Waals surface area contributed by atoms with Gasteiger partial charge in [0.15, 0.2) is 0 Å². The number of rotatable bonds is 3. The largest absolute Gasteiger partial charge is 0.324 e. The zero-order valence-electron chi connectivity index (χ0n) is 11.3. The van der Waals surface area contributed by atoms with Gasteiger partial charge in [0.2, 0.25) is 0 Å². The first-order valence-corrected chi connectivity index (χ1v) is 6.03. The lowest BCUT2D eigenvalue weighted by Crippen LogP contribution is -2.17. The van der Waals surface area contributed by atoms with Gasteiger partial charge in [-0.1, -0.05) is 0 Å². The fraction of sp³-hybridized carbons (Fsp3) is 0.462. The van der Waals surface area contributed by atoms with E-state index in [1.165, 1.54) is 0 Å². The second-order valence-corrected chi connectivity index (χ2v) is 4.74. The number of nitrogens with two attached hydrogens (primary N) is 1. The molecular weight excluding hydrogens is 226 g/mol. The highest BCUT2D eigenvalue weighted by atomic mass is 15.3. The van der Waals surface area contributed by atoms with Crippen molar-refractivity contribution in [3.05, 3.63) is 40.5 Å². The number of hydrogen-bond acceptors (Lipinski definition) is 4. The van der Waals surface area contributed by atoms with E-state index in [2.05, 4.69) is 21.4 Å². The topological polar surface area (TPSA) is 69.6 Å². The fourth-order valence-electron chi connectivity index (χ4n) is 2.14. The van der Waals surface area contributed by atoms with Crippen LogP contribution in [-0.4, -0.2) is 20.0 Å². The van der Waals surface area contributed by atoms with Crippen molar-refractivity contribution < 1.29 is 0 Å². The van der Waals surface area contributed by atoms with Crippen molar-refractivity contribution in [3.63, 3.8) is 0 Å². The quantitative estimate of drug-likeness (QED) is 0.887. The van der Waals surface area contributed by atoms with Crippen molar-refractivity contribution in [2.24, 2.45) is 12.8 Å². The highest BCUT2D eigenvalue weighted by molar-refractivity contribution is 5.25. The van der Waals surface area contributed by atoms with E-state index in [9.17, 15) is 0 Å². The van der Waals surface area contributed by atoms with Gasteiger partial charge in [0, 0.05) is 25.2 Å². The van der Waals surface area contributed by atoms with Crippen LogP contribution in [0.4, 0.5) is 0 Å². The highest BCUT2D eigenvalue weighted by Gasteiger charge is 2.14. The average molecular weight is 245 g/mol. The minimum Gasteiger partial charge on any atom is -0.324 e. The van der Waals surface area contributed by atoms with Crippen LogP contribution >= 0.6 is 0 Å². The predicted octanol–water partition coefficient (Wildman–Crippen LogP) is 1.38. The molecule has 96 valence electrons. The van der Waals surface area contributed by atoms with Gasteiger partial charge in [-0.05, 0) is 38.5 Å². The number of hydrogen-bond donors (Lipinski definition) is 1. The third kappa shape index (κ3) is 2.56. The summed E-state index contributed by atoms with van der Waals surface area (Å²) in [6, 6.07) is 4.00. The Bertz CT molecular complexity index is 559. The third-order valence-electron chi connectivity index (χ3n) is 3.07. The van der Waals surface area contributed by atoms with E-state index in [4.69, 9.17) is 5.73 Å². The molecular formula is C13H19N5. The minimum absolute atomic E-state index is 0.0750. The maximum Gasteiger partial charge on any atom is 0.0648 e. The van der Waals surface area contributed by atoms with Crippen LogP contribution in [0.1, 0.15) is 34.4 Å². The van der Waals surface area contributed by atoms with Crippen molar-refractivity contribution in [2.45, 2.75) is 33.2 Å². The molecule has 5 nitrogen and oxygen atoms in total. The zero-order chi connectivity index (χ0) is 13.3. The molecule has 0 aromatic carbocycles. The van der Waals surface area contributed by atoms with Crippen molar-refractivity contribution in [2.75, 3.05) is 0 Å². The minimum atomic E-state index is -0.0750. The Morgan fingerprint density at radius 2 is 1.89 bits per heavy atom. The first kappa shape index (κ1) is 12.7. The second-order valence-electron chi connectivity index (χ2n) is 4.74. The van der Waals surface area contributed by atoms with Crippen LogP contribution in [-0.2, 0) is 13.5 Å². The molecule has 2 aromatic rings. The number of nitrogens with zero attached hydrogens (tertiary/aromatic N) is 4. The summed E-state index contributed by atoms with van der Waals surface area (Å²) in [5.74, 6) is 0. The zero-order valence-corrected chi connectivity index (χ0v) is 11.3. The van der Waals surface area contributed by atoms with Gasteiger partial charge in [0.1, 0.15) is 0 Å². The second kappa shape index (κ2) is 4.86. The molecule has 0 radical (unpaired) electrons. The van der Waals surface area contributed by atoms with Gasteiger partial charge in [0.05, 0.1) is 17.1 Å². The van der Waals surface area contributed by atoms with Crippen molar-refractivity contribution in [3.8, 4) is 0 Å². The normalized spacial score (nSPS) is 12.7. The molecule has 0 aliphatic rings. The summed E-state index contributed by atoms with van der Waals surface area (Å²) in [6.07, 6.45) is 0.753. The Morgan fingerprint density at radius 1 is 1.17 bits per heavy atom. The predicted molar refractivity (Wildman–Crippen MR) is 70.1 cm³/mol. The summed E-state index contributed by atoms with van der Waals surface area (Å²) in [7, 11) is 1.94. The van der Waals surface area contributed by atoms with Gasteiger partial charge in [0.25, 0.3) is 0 Å². The smallest absolute Gasteiger partial charge is 0.0648 e. The molecule has 18 heavy (non-hydrogen) atoms. The maximum atomic E-state index is 6.27. The van der Waals surface area contributed by atoms with Crippen LogP contribution in [0.5, 0.6) is 0 Å². The standard InChI is InChI=1S/C13H19N5/c1-8-6-12(10(3)16-15-8)13(14)7-11-5-9(2)17-18(11)4/h5-6,13H,7,14H2,1-4H3. The van der Waals surface area contributed by atoms with E-state index in [1.54, 1.807) is 0 Å². The van der Waals surface area contributed by atoms with E-state index in [0.29, 0.717) is 0 Å². The first-order chi connectivity index (χ1) is 8.47. The first-order valence-electron chi connectivity index (χ1n) is 6.03. The highest BCUT2D eigenvalue weighted by Crippen LogP contribution is 2.18. The molecule has 0 saturated heterocycles. The van der Waals surface area contributed by atoms with Crippen LogP contribution < -0.4 is 5.73 Å². The Balaban J connectivity index is 2.24. The van der Waals surface area contributed by atoms with E-state index < -0.39 is 0 Å². The van der Waals surface area contributed by atoms with E-state index >= 15 is 0 Å². The maximum absolute atomic E-state index is 6.27. The molecule has 0 spiro atoms. The van der Waals surface area contributed by atoms with Crippen LogP contribution in [0.25, 0.3) is 0 Å². The van der Waals surface area contributed by atoms with Gasteiger partial charge < -0.3 is 5.73 Å². The summed E-state index contributed by atoms with van der Waals surface area (Å²) in [5.41, 5.74) is 11.3. The summed E-state index contributed by atoms with van der Waals surface area (Å²) in [4.78, 5) is 0. The molecule has 2 N–H and O–H groups in total. The van der Waals surface area contributed by atoms with Crippen molar-refractivity contribution in [1.82, 2.24) is 20.0 Å². The molecule has 5 heteroatoms. The number of aryl methyl sites for hydroxylation is 4. The molecule has 1 unspecified atom stereocenters. The van der Waals surface area contributed by atoms with Gasteiger partial charge in [-0.2, -0.15) is 15.3 Å². The molecule has 2 heterocycles. The third-order valence-corrected chi connectivity index (χ3v) is 3.07. The summed E-state index contributed by atoms with van der Waals surface area (Å²) in [6.45, 7) is 5.85. The Morgan fingerprint density at radius 3 is 2.50 bits per heavy atom. The van der Waals surface area contributed by atoms with Crippen molar-refractivity contribution in [1.29, 1.82) is 0 Å². The van der Waals surface area contributed by atoms with E-state index in [0.717, 1.165) is 34.8 Å². The van der Waals surface area contributed by atoms with Crippen LogP contribution in [0, 0.1) is 20.8 Å².